The summed E-state index contributed by atoms with van der Waals surface area (Å²) in [5, 5.41) is 8.01. The van der Waals surface area contributed by atoms with Crippen molar-refractivity contribution >= 4 is 43.0 Å². The second-order valence-electron chi connectivity index (χ2n) is 9.88. The van der Waals surface area contributed by atoms with E-state index in [0.29, 0.717) is 15.6 Å². The number of hydrogen-bond acceptors (Lipinski definition) is 3. The minimum absolute atomic E-state index is 0.0501. The van der Waals surface area contributed by atoms with Crippen LogP contribution in [-0.4, -0.2) is 10.2 Å². The topological polar surface area (TPSA) is 25.8 Å². The molecule has 0 aliphatic rings. The Balaban J connectivity index is 1.85. The highest BCUT2D eigenvalue weighted by molar-refractivity contribution is 7.22. The van der Waals surface area contributed by atoms with Crippen molar-refractivity contribution in [2.24, 2.45) is 0 Å². The number of aromatic nitrogens is 2. The van der Waals surface area contributed by atoms with E-state index >= 15 is 0 Å². The molecule has 0 amide bonds. The Hall–Kier alpha value is -4.40. The number of nitrogens with zero attached hydrogens (tertiary/aromatic N) is 2. The summed E-state index contributed by atoms with van der Waals surface area (Å²) in [7, 11) is 0. The smallest absolute Gasteiger partial charge is 0.166 e. The molecule has 0 atom stereocenters. The van der Waals surface area contributed by atoms with Gasteiger partial charge >= 0.3 is 24.7 Å². The van der Waals surface area contributed by atoms with Crippen molar-refractivity contribution in [1.29, 1.82) is 0 Å². The first-order valence-corrected chi connectivity index (χ1v) is 13.4. The maximum atomic E-state index is 14.4. The van der Waals surface area contributed by atoms with Gasteiger partial charge in [0, 0.05) is 21.0 Å². The van der Waals surface area contributed by atoms with Crippen LogP contribution in [0.2, 0.25) is 0 Å². The predicted molar refractivity (Wildman–Crippen MR) is 143 cm³/mol. The molecule has 45 heavy (non-hydrogen) atoms. The van der Waals surface area contributed by atoms with Crippen LogP contribution in [0, 0.1) is 0 Å². The lowest BCUT2D eigenvalue weighted by atomic mass is 9.86. The molecule has 0 fully saturated rings. The van der Waals surface area contributed by atoms with Gasteiger partial charge in [0.25, 0.3) is 0 Å². The Bertz CT molecular complexity index is 2040. The zero-order chi connectivity index (χ0) is 32.7. The Labute approximate surface area is 247 Å². The molecule has 2 nitrogen and oxygen atoms in total. The number of fused-ring (bicyclic) bond motifs is 3. The second-order valence-corrected chi connectivity index (χ2v) is 11.0. The van der Waals surface area contributed by atoms with Crippen LogP contribution in [0.25, 0.3) is 53.5 Å². The molecule has 2 aromatic heterocycles. The Kier molecular flexibility index (Phi) is 6.84. The van der Waals surface area contributed by atoms with Gasteiger partial charge in [-0.25, -0.2) is 0 Å². The predicted octanol–water partition coefficient (Wildman–Crippen LogP) is 11.4. The summed E-state index contributed by atoms with van der Waals surface area (Å²) in [5.74, 6) is 0. The van der Waals surface area contributed by atoms with Crippen LogP contribution in [0.4, 0.5) is 52.7 Å². The largest absolute Gasteiger partial charge is 0.417 e. The molecule has 0 N–H and O–H groups in total. The van der Waals surface area contributed by atoms with Gasteiger partial charge in [-0.2, -0.15) is 52.7 Å². The van der Waals surface area contributed by atoms with E-state index in [1.807, 2.05) is 0 Å². The standard InChI is InChI=1S/C30H12F12N2S/c31-27(32,33)18-12-19(28(34,35)36)24(30(40,41)42)22(23(18)29(37,38)39)26-17-10-14-6-2-1-5-13(14)9-16(17)25(43-44-26)21-11-15-7-3-4-8-20(15)45-21/h1-12H. The summed E-state index contributed by atoms with van der Waals surface area (Å²) in [6.07, 6.45) is -24.7. The molecule has 15 heteroatoms. The summed E-state index contributed by atoms with van der Waals surface area (Å²) in [4.78, 5) is 0.350. The zero-order valence-corrected chi connectivity index (χ0v) is 22.6. The molecule has 0 saturated carbocycles. The number of thiophene rings is 1. The van der Waals surface area contributed by atoms with Crippen molar-refractivity contribution in [2.75, 3.05) is 0 Å². The number of alkyl halides is 12. The van der Waals surface area contributed by atoms with Crippen LogP contribution in [0.3, 0.4) is 0 Å². The summed E-state index contributed by atoms with van der Waals surface area (Å²) in [6.45, 7) is 0. The van der Waals surface area contributed by atoms with Crippen molar-refractivity contribution in [3.8, 4) is 21.8 Å². The van der Waals surface area contributed by atoms with E-state index in [4.69, 9.17) is 0 Å². The van der Waals surface area contributed by atoms with Crippen LogP contribution >= 0.6 is 11.3 Å². The summed E-state index contributed by atoms with van der Waals surface area (Å²) < 4.78 is 171. The lowest BCUT2D eigenvalue weighted by Crippen LogP contribution is -2.26. The van der Waals surface area contributed by atoms with Crippen molar-refractivity contribution in [3.05, 3.63) is 95.1 Å². The normalized spacial score (nSPS) is 13.3. The molecule has 6 rings (SSSR count). The van der Waals surface area contributed by atoms with E-state index in [0.717, 1.165) is 22.1 Å². The molecule has 4 aromatic carbocycles. The van der Waals surface area contributed by atoms with Crippen LogP contribution in [0.5, 0.6) is 0 Å². The summed E-state index contributed by atoms with van der Waals surface area (Å²) >= 11 is 1.14. The molecule has 0 bridgehead atoms. The summed E-state index contributed by atoms with van der Waals surface area (Å²) in [6, 6.07) is 15.8. The average Bonchev–Trinajstić information content (AvgIpc) is 3.36. The monoisotopic (exact) mass is 660 g/mol. The number of rotatable bonds is 2. The fraction of sp³-hybridized carbons (Fsp3) is 0.133. The van der Waals surface area contributed by atoms with Crippen LogP contribution in [0.15, 0.2) is 72.8 Å². The maximum absolute atomic E-state index is 14.4. The van der Waals surface area contributed by atoms with Gasteiger partial charge in [-0.1, -0.05) is 42.5 Å². The van der Waals surface area contributed by atoms with Gasteiger partial charge in [-0.15, -0.1) is 21.5 Å². The molecule has 0 radical (unpaired) electrons. The van der Waals surface area contributed by atoms with Gasteiger partial charge in [0.1, 0.15) is 11.4 Å². The van der Waals surface area contributed by atoms with Crippen LogP contribution < -0.4 is 0 Å². The molecular weight excluding hydrogens is 648 g/mol. The minimum Gasteiger partial charge on any atom is -0.166 e. The fourth-order valence-corrected chi connectivity index (χ4v) is 6.32. The number of benzene rings is 4. The van der Waals surface area contributed by atoms with Gasteiger partial charge in [-0.3, -0.25) is 0 Å². The Morgan fingerprint density at radius 1 is 0.467 bits per heavy atom. The van der Waals surface area contributed by atoms with Crippen molar-refractivity contribution in [3.63, 3.8) is 0 Å². The number of halogens is 12. The molecule has 0 aliphatic heterocycles. The molecule has 0 spiro atoms. The Morgan fingerprint density at radius 2 is 0.911 bits per heavy atom. The second kappa shape index (κ2) is 10.1. The minimum atomic E-state index is -6.21. The van der Waals surface area contributed by atoms with Gasteiger partial charge in [0.05, 0.1) is 27.1 Å². The first-order chi connectivity index (χ1) is 20.9. The highest BCUT2D eigenvalue weighted by Gasteiger charge is 2.54. The van der Waals surface area contributed by atoms with E-state index < -0.39 is 69.7 Å². The van der Waals surface area contributed by atoms with Crippen molar-refractivity contribution in [1.82, 2.24) is 10.2 Å². The van der Waals surface area contributed by atoms with Gasteiger partial charge in [-0.05, 0) is 46.5 Å². The quantitative estimate of drug-likeness (QED) is 0.136. The SMILES string of the molecule is FC(F)(F)c1cc(C(F)(F)F)c(C(F)(F)F)c(-c2nnc(-c3cc4ccccc4s3)c3cc4ccccc4cc23)c1C(F)(F)F. The molecule has 0 aliphatic carbocycles. The Morgan fingerprint density at radius 3 is 1.38 bits per heavy atom. The van der Waals surface area contributed by atoms with Crippen LogP contribution in [0.1, 0.15) is 22.3 Å². The highest BCUT2D eigenvalue weighted by Crippen LogP contribution is 2.54. The molecule has 2 heterocycles. The van der Waals surface area contributed by atoms with Crippen molar-refractivity contribution in [2.45, 2.75) is 24.7 Å². The highest BCUT2D eigenvalue weighted by atomic mass is 32.1. The van der Waals surface area contributed by atoms with Gasteiger partial charge < -0.3 is 0 Å². The van der Waals surface area contributed by atoms with E-state index in [1.54, 1.807) is 42.5 Å². The average molecular weight is 660 g/mol. The molecule has 0 unspecified atom stereocenters. The molecular formula is C30H12F12N2S. The van der Waals surface area contributed by atoms with E-state index in [-0.39, 0.29) is 16.5 Å². The number of hydrogen-bond donors (Lipinski definition) is 0. The zero-order valence-electron chi connectivity index (χ0n) is 21.8. The first-order valence-electron chi connectivity index (χ1n) is 12.5. The van der Waals surface area contributed by atoms with E-state index in [9.17, 15) is 52.7 Å². The van der Waals surface area contributed by atoms with E-state index in [2.05, 4.69) is 10.2 Å². The first kappa shape index (κ1) is 30.6. The lowest BCUT2D eigenvalue weighted by molar-refractivity contribution is -0.170. The maximum Gasteiger partial charge on any atom is 0.417 e. The molecule has 232 valence electrons. The van der Waals surface area contributed by atoms with E-state index in [1.165, 1.54) is 18.2 Å². The van der Waals surface area contributed by atoms with Crippen LogP contribution in [-0.2, 0) is 24.7 Å². The van der Waals surface area contributed by atoms with Gasteiger partial charge in [0.2, 0.25) is 0 Å². The van der Waals surface area contributed by atoms with Crippen molar-refractivity contribution < 1.29 is 52.7 Å². The van der Waals surface area contributed by atoms with Gasteiger partial charge in [0.15, 0.2) is 0 Å². The summed E-state index contributed by atoms with van der Waals surface area (Å²) in [5.41, 5.74) is -15.7. The molecule has 6 aromatic rings. The molecule has 0 saturated heterocycles. The third-order valence-corrected chi connectivity index (χ3v) is 8.17. The lowest BCUT2D eigenvalue weighted by Gasteiger charge is -2.26. The fourth-order valence-electron chi connectivity index (χ4n) is 5.26. The third kappa shape index (κ3) is 5.32. The third-order valence-electron chi connectivity index (χ3n) is 7.05.